The van der Waals surface area contributed by atoms with E-state index in [0.29, 0.717) is 31.7 Å². The van der Waals surface area contributed by atoms with Crippen LogP contribution in [0.15, 0.2) is 29.8 Å². The van der Waals surface area contributed by atoms with Crippen LogP contribution in [0.4, 0.5) is 19.0 Å². The van der Waals surface area contributed by atoms with Crippen molar-refractivity contribution in [2.24, 2.45) is 11.8 Å². The molecule has 1 fully saturated rings. The monoisotopic (exact) mass is 445 g/mol. The SMILES string of the molecule is CC(C)C(NC(=O)C1CCN(c2ncc(C(F)(F)F)cc2Cl)CC1)c1cccs1. The molecule has 1 aliphatic rings. The molecule has 0 radical (unpaired) electrons. The number of nitrogens with one attached hydrogen (secondary N) is 1. The zero-order valence-corrected chi connectivity index (χ0v) is 17.7. The Labute approximate surface area is 177 Å². The predicted octanol–water partition coefficient (Wildman–Crippen LogP) is 5.55. The van der Waals surface area contributed by atoms with E-state index in [2.05, 4.69) is 24.1 Å². The number of piperidine rings is 1. The maximum atomic E-state index is 12.8. The van der Waals surface area contributed by atoms with Crippen LogP contribution in [-0.2, 0) is 11.0 Å². The van der Waals surface area contributed by atoms with Crippen LogP contribution in [0.2, 0.25) is 5.02 Å². The van der Waals surface area contributed by atoms with Crippen molar-refractivity contribution in [3.05, 3.63) is 45.2 Å². The van der Waals surface area contributed by atoms with Crippen molar-refractivity contribution in [2.45, 2.75) is 38.9 Å². The Morgan fingerprint density at radius 1 is 1.34 bits per heavy atom. The van der Waals surface area contributed by atoms with Gasteiger partial charge in [0.15, 0.2) is 0 Å². The molecule has 1 amide bonds. The molecule has 1 atom stereocenters. The molecule has 4 nitrogen and oxygen atoms in total. The van der Waals surface area contributed by atoms with Gasteiger partial charge in [-0.2, -0.15) is 13.2 Å². The van der Waals surface area contributed by atoms with E-state index in [1.807, 2.05) is 22.4 Å². The highest BCUT2D eigenvalue weighted by molar-refractivity contribution is 7.10. The maximum absolute atomic E-state index is 12.8. The van der Waals surface area contributed by atoms with E-state index >= 15 is 0 Å². The zero-order valence-electron chi connectivity index (χ0n) is 16.2. The molecule has 158 valence electrons. The second-order valence-corrected chi connectivity index (χ2v) is 8.92. The lowest BCUT2D eigenvalue weighted by Gasteiger charge is -2.33. The molecule has 0 spiro atoms. The number of rotatable bonds is 5. The summed E-state index contributed by atoms with van der Waals surface area (Å²) in [6.45, 7) is 5.18. The number of pyridine rings is 1. The van der Waals surface area contributed by atoms with Crippen LogP contribution in [0.5, 0.6) is 0 Å². The standard InChI is InChI=1S/C20H23ClF3N3OS/c1-12(2)17(16-4-3-9-29-16)26-19(28)13-5-7-27(8-6-13)18-15(21)10-14(11-25-18)20(22,23)24/h3-4,9-13,17H,5-8H2,1-2H3,(H,26,28). The number of nitrogens with zero attached hydrogens (tertiary/aromatic N) is 2. The number of carbonyl (C=O) groups is 1. The van der Waals surface area contributed by atoms with E-state index < -0.39 is 11.7 Å². The number of halogens is 4. The molecular weight excluding hydrogens is 423 g/mol. The van der Waals surface area contributed by atoms with Gasteiger partial charge in [0.05, 0.1) is 16.6 Å². The van der Waals surface area contributed by atoms with Gasteiger partial charge >= 0.3 is 6.18 Å². The largest absolute Gasteiger partial charge is 0.417 e. The molecule has 1 saturated heterocycles. The van der Waals surface area contributed by atoms with Gasteiger partial charge < -0.3 is 10.2 Å². The van der Waals surface area contributed by atoms with Crippen molar-refractivity contribution in [1.29, 1.82) is 0 Å². The third kappa shape index (κ3) is 5.22. The highest BCUT2D eigenvalue weighted by atomic mass is 35.5. The molecule has 2 aromatic heterocycles. The summed E-state index contributed by atoms with van der Waals surface area (Å²) in [4.78, 5) is 19.7. The third-order valence-corrected chi connectivity index (χ3v) is 6.36. The molecule has 0 aliphatic carbocycles. The van der Waals surface area contributed by atoms with E-state index in [9.17, 15) is 18.0 Å². The van der Waals surface area contributed by atoms with Crippen molar-refractivity contribution in [2.75, 3.05) is 18.0 Å². The smallest absolute Gasteiger partial charge is 0.355 e. The Kier molecular flexibility index (Phi) is 6.73. The number of hydrogen-bond acceptors (Lipinski definition) is 4. The van der Waals surface area contributed by atoms with E-state index in [1.165, 1.54) is 0 Å². The fourth-order valence-electron chi connectivity index (χ4n) is 3.48. The van der Waals surface area contributed by atoms with Crippen molar-refractivity contribution >= 4 is 34.7 Å². The number of anilines is 1. The number of thiophene rings is 1. The Morgan fingerprint density at radius 2 is 2.03 bits per heavy atom. The lowest BCUT2D eigenvalue weighted by atomic mass is 9.94. The van der Waals surface area contributed by atoms with Gasteiger partial charge in [-0.1, -0.05) is 31.5 Å². The van der Waals surface area contributed by atoms with Gasteiger partial charge in [0.25, 0.3) is 0 Å². The molecule has 1 unspecified atom stereocenters. The van der Waals surface area contributed by atoms with Crippen LogP contribution < -0.4 is 10.2 Å². The number of aromatic nitrogens is 1. The number of alkyl halides is 3. The molecule has 3 rings (SSSR count). The van der Waals surface area contributed by atoms with Gasteiger partial charge in [-0.3, -0.25) is 4.79 Å². The average molecular weight is 446 g/mol. The highest BCUT2D eigenvalue weighted by Crippen LogP contribution is 2.35. The van der Waals surface area contributed by atoms with Gasteiger partial charge in [0.2, 0.25) is 5.91 Å². The quantitative estimate of drug-likeness (QED) is 0.656. The Hall–Kier alpha value is -1.80. The number of carbonyl (C=O) groups excluding carboxylic acids is 1. The Bertz CT molecular complexity index is 834. The molecule has 0 bridgehead atoms. The minimum atomic E-state index is -4.48. The summed E-state index contributed by atoms with van der Waals surface area (Å²) in [7, 11) is 0. The average Bonchev–Trinajstić information content (AvgIpc) is 3.19. The number of amides is 1. The van der Waals surface area contributed by atoms with Crippen LogP contribution in [0.1, 0.15) is 43.2 Å². The summed E-state index contributed by atoms with van der Waals surface area (Å²) < 4.78 is 38.4. The van der Waals surface area contributed by atoms with Crippen LogP contribution in [0, 0.1) is 11.8 Å². The Balaban J connectivity index is 1.61. The molecule has 29 heavy (non-hydrogen) atoms. The van der Waals surface area contributed by atoms with Crippen molar-refractivity contribution in [3.63, 3.8) is 0 Å². The van der Waals surface area contributed by atoms with Gasteiger partial charge in [-0.15, -0.1) is 11.3 Å². The first kappa shape index (κ1) is 21.9. The molecule has 0 aromatic carbocycles. The van der Waals surface area contributed by atoms with Crippen LogP contribution in [0.25, 0.3) is 0 Å². The number of hydrogen-bond donors (Lipinski definition) is 1. The summed E-state index contributed by atoms with van der Waals surface area (Å²) >= 11 is 7.67. The second kappa shape index (κ2) is 8.92. The third-order valence-electron chi connectivity index (χ3n) is 5.13. The summed E-state index contributed by atoms with van der Waals surface area (Å²) in [5.74, 6) is 0.480. The molecule has 0 saturated carbocycles. The minimum absolute atomic E-state index is 0.0169. The maximum Gasteiger partial charge on any atom is 0.417 e. The summed E-state index contributed by atoms with van der Waals surface area (Å²) in [5.41, 5.74) is -0.867. The van der Waals surface area contributed by atoms with E-state index in [0.717, 1.165) is 17.1 Å². The first-order valence-corrected chi connectivity index (χ1v) is 10.7. The lowest BCUT2D eigenvalue weighted by Crippen LogP contribution is -2.42. The van der Waals surface area contributed by atoms with E-state index in [1.54, 1.807) is 11.3 Å². The lowest BCUT2D eigenvalue weighted by molar-refractivity contribution is -0.137. The molecule has 9 heteroatoms. The molecule has 1 N–H and O–H groups in total. The first-order chi connectivity index (χ1) is 13.7. The van der Waals surface area contributed by atoms with Crippen molar-refractivity contribution in [1.82, 2.24) is 10.3 Å². The molecule has 3 heterocycles. The van der Waals surface area contributed by atoms with Crippen LogP contribution in [0.3, 0.4) is 0 Å². The summed E-state index contributed by atoms with van der Waals surface area (Å²) in [5, 5.41) is 5.13. The van der Waals surface area contributed by atoms with Crippen molar-refractivity contribution < 1.29 is 18.0 Å². The topological polar surface area (TPSA) is 45.2 Å². The zero-order chi connectivity index (χ0) is 21.2. The second-order valence-electron chi connectivity index (χ2n) is 7.53. The summed E-state index contributed by atoms with van der Waals surface area (Å²) in [6.07, 6.45) is -2.48. The van der Waals surface area contributed by atoms with Gasteiger partial charge in [-0.25, -0.2) is 4.98 Å². The molecule has 1 aliphatic heterocycles. The normalized spacial score (nSPS) is 16.9. The van der Waals surface area contributed by atoms with Crippen LogP contribution >= 0.6 is 22.9 Å². The van der Waals surface area contributed by atoms with Crippen LogP contribution in [-0.4, -0.2) is 24.0 Å². The van der Waals surface area contributed by atoms with Crippen molar-refractivity contribution in [3.8, 4) is 0 Å². The molecular formula is C20H23ClF3N3OS. The predicted molar refractivity (Wildman–Crippen MR) is 109 cm³/mol. The van der Waals surface area contributed by atoms with Gasteiger partial charge in [0.1, 0.15) is 5.82 Å². The highest BCUT2D eigenvalue weighted by Gasteiger charge is 2.33. The fraction of sp³-hybridized carbons (Fsp3) is 0.500. The van der Waals surface area contributed by atoms with Gasteiger partial charge in [0, 0.05) is 30.1 Å². The Morgan fingerprint density at radius 3 is 2.55 bits per heavy atom. The summed E-state index contributed by atoms with van der Waals surface area (Å²) in [6, 6.07) is 4.88. The fourth-order valence-corrected chi connectivity index (χ4v) is 4.71. The van der Waals surface area contributed by atoms with E-state index in [-0.39, 0.29) is 28.8 Å². The van der Waals surface area contributed by atoms with Gasteiger partial charge in [-0.05, 0) is 36.3 Å². The first-order valence-electron chi connectivity index (χ1n) is 9.48. The van der Waals surface area contributed by atoms with E-state index in [4.69, 9.17) is 11.6 Å². The minimum Gasteiger partial charge on any atom is -0.355 e. The molecule has 2 aromatic rings.